The highest BCUT2D eigenvalue weighted by Gasteiger charge is 2.18. The van der Waals surface area contributed by atoms with Gasteiger partial charge in [-0.25, -0.2) is 4.98 Å². The standard InChI is InChI=1S/C13H12ClNO4/c1-2-18-13-10(7-11(16)17)15-12(19-13)8-3-5-9(14)6-4-8/h3-6H,2,7H2,1H3,(H,16,17). The molecule has 0 aliphatic rings. The predicted octanol–water partition coefficient (Wildman–Crippen LogP) is 3.02. The monoisotopic (exact) mass is 281 g/mol. The van der Waals surface area contributed by atoms with Gasteiger partial charge in [0.15, 0.2) is 0 Å². The van der Waals surface area contributed by atoms with Crippen LogP contribution in [0, 0.1) is 0 Å². The fourth-order valence-corrected chi connectivity index (χ4v) is 1.68. The first-order valence-electron chi connectivity index (χ1n) is 5.70. The van der Waals surface area contributed by atoms with Gasteiger partial charge in [-0.1, -0.05) is 11.6 Å². The number of aromatic nitrogens is 1. The van der Waals surface area contributed by atoms with Crippen molar-refractivity contribution in [1.82, 2.24) is 4.98 Å². The number of carbonyl (C=O) groups is 1. The molecule has 2 aromatic rings. The average molecular weight is 282 g/mol. The first-order chi connectivity index (χ1) is 9.10. The van der Waals surface area contributed by atoms with Crippen molar-refractivity contribution < 1.29 is 19.1 Å². The third-order valence-electron chi connectivity index (χ3n) is 2.35. The molecule has 0 amide bonds. The molecule has 0 unspecified atom stereocenters. The topological polar surface area (TPSA) is 72.6 Å². The molecule has 6 heteroatoms. The number of hydrogen-bond acceptors (Lipinski definition) is 4. The van der Waals surface area contributed by atoms with Gasteiger partial charge in [-0.2, -0.15) is 0 Å². The van der Waals surface area contributed by atoms with Crippen molar-refractivity contribution in [2.75, 3.05) is 6.61 Å². The Morgan fingerprint density at radius 1 is 1.42 bits per heavy atom. The van der Waals surface area contributed by atoms with Crippen LogP contribution in [-0.2, 0) is 11.2 Å². The number of nitrogens with zero attached hydrogens (tertiary/aromatic N) is 1. The summed E-state index contributed by atoms with van der Waals surface area (Å²) in [7, 11) is 0. The molecule has 1 heterocycles. The van der Waals surface area contributed by atoms with E-state index in [0.717, 1.165) is 0 Å². The Morgan fingerprint density at radius 3 is 2.68 bits per heavy atom. The molecular formula is C13H12ClNO4. The lowest BCUT2D eigenvalue weighted by molar-refractivity contribution is -0.136. The molecule has 1 aromatic heterocycles. The lowest BCUT2D eigenvalue weighted by atomic mass is 10.2. The van der Waals surface area contributed by atoms with Gasteiger partial charge in [0.25, 0.3) is 0 Å². The van der Waals surface area contributed by atoms with Crippen molar-refractivity contribution in [3.63, 3.8) is 0 Å². The predicted molar refractivity (Wildman–Crippen MR) is 69.5 cm³/mol. The van der Waals surface area contributed by atoms with Crippen LogP contribution in [0.1, 0.15) is 12.6 Å². The molecule has 5 nitrogen and oxygen atoms in total. The highest BCUT2D eigenvalue weighted by molar-refractivity contribution is 6.30. The second-order valence-electron chi connectivity index (χ2n) is 3.76. The fourth-order valence-electron chi connectivity index (χ4n) is 1.55. The van der Waals surface area contributed by atoms with Gasteiger partial charge in [0.2, 0.25) is 5.89 Å². The van der Waals surface area contributed by atoms with Crippen LogP contribution in [0.25, 0.3) is 11.5 Å². The third kappa shape index (κ3) is 3.26. The number of ether oxygens (including phenoxy) is 1. The summed E-state index contributed by atoms with van der Waals surface area (Å²) in [5, 5.41) is 9.42. The Kier molecular flexibility index (Phi) is 4.06. The average Bonchev–Trinajstić information content (AvgIpc) is 2.73. The molecule has 0 fully saturated rings. The molecule has 100 valence electrons. The minimum atomic E-state index is -0.989. The van der Waals surface area contributed by atoms with E-state index in [1.54, 1.807) is 31.2 Å². The van der Waals surface area contributed by atoms with Crippen LogP contribution in [-0.4, -0.2) is 22.7 Å². The Balaban J connectivity index is 2.35. The molecule has 0 bridgehead atoms. The highest BCUT2D eigenvalue weighted by atomic mass is 35.5. The molecule has 0 aliphatic carbocycles. The smallest absolute Gasteiger partial charge is 0.309 e. The first-order valence-corrected chi connectivity index (χ1v) is 6.08. The van der Waals surface area contributed by atoms with Gasteiger partial charge in [0.05, 0.1) is 13.0 Å². The molecule has 0 radical (unpaired) electrons. The maximum absolute atomic E-state index is 10.8. The summed E-state index contributed by atoms with van der Waals surface area (Å²) in [5.74, 6) is -0.525. The normalized spacial score (nSPS) is 10.4. The first kappa shape index (κ1) is 13.4. The van der Waals surface area contributed by atoms with Gasteiger partial charge in [-0.15, -0.1) is 0 Å². The van der Waals surface area contributed by atoms with Crippen molar-refractivity contribution in [3.05, 3.63) is 35.0 Å². The minimum Gasteiger partial charge on any atom is -0.481 e. The zero-order chi connectivity index (χ0) is 13.8. The van der Waals surface area contributed by atoms with Crippen molar-refractivity contribution in [1.29, 1.82) is 0 Å². The van der Waals surface area contributed by atoms with Crippen molar-refractivity contribution in [2.45, 2.75) is 13.3 Å². The number of hydrogen-bond donors (Lipinski definition) is 1. The van der Waals surface area contributed by atoms with Gasteiger partial charge in [0, 0.05) is 10.6 Å². The second kappa shape index (κ2) is 5.75. The molecule has 0 saturated carbocycles. The third-order valence-corrected chi connectivity index (χ3v) is 2.60. The van der Waals surface area contributed by atoms with Gasteiger partial charge in [0.1, 0.15) is 5.69 Å². The SMILES string of the molecule is CCOc1oc(-c2ccc(Cl)cc2)nc1CC(=O)O. The van der Waals surface area contributed by atoms with Gasteiger partial charge in [-0.05, 0) is 31.2 Å². The summed E-state index contributed by atoms with van der Waals surface area (Å²) in [4.78, 5) is 14.9. The zero-order valence-corrected chi connectivity index (χ0v) is 11.0. The van der Waals surface area contributed by atoms with Crippen LogP contribution in [0.5, 0.6) is 5.95 Å². The number of carboxylic acid groups (broad SMARTS) is 1. The molecule has 1 N–H and O–H groups in total. The maximum Gasteiger partial charge on any atom is 0.309 e. The van der Waals surface area contributed by atoms with Crippen molar-refractivity contribution in [3.8, 4) is 17.4 Å². The summed E-state index contributed by atoms with van der Waals surface area (Å²) >= 11 is 5.80. The number of carboxylic acids is 1. The van der Waals surface area contributed by atoms with E-state index in [0.29, 0.717) is 23.1 Å². The van der Waals surface area contributed by atoms with E-state index in [1.165, 1.54) is 0 Å². The van der Waals surface area contributed by atoms with Crippen molar-refractivity contribution >= 4 is 17.6 Å². The van der Waals surface area contributed by atoms with E-state index in [-0.39, 0.29) is 18.1 Å². The molecule has 2 rings (SSSR count). The summed E-state index contributed by atoms with van der Waals surface area (Å²) in [6.45, 7) is 2.16. The van der Waals surface area contributed by atoms with Crippen LogP contribution in [0.2, 0.25) is 5.02 Å². The molecule has 0 spiro atoms. The van der Waals surface area contributed by atoms with Crippen molar-refractivity contribution in [2.24, 2.45) is 0 Å². The van der Waals surface area contributed by atoms with Crippen LogP contribution in [0.3, 0.4) is 0 Å². The number of benzene rings is 1. The molecule has 0 saturated heterocycles. The van der Waals surface area contributed by atoms with Gasteiger partial charge >= 0.3 is 11.9 Å². The zero-order valence-electron chi connectivity index (χ0n) is 10.2. The molecule has 0 atom stereocenters. The minimum absolute atomic E-state index is 0.148. The van der Waals surface area contributed by atoms with Crippen LogP contribution < -0.4 is 4.74 Å². The number of oxazole rings is 1. The molecule has 19 heavy (non-hydrogen) atoms. The van der Waals surface area contributed by atoms with E-state index in [1.807, 2.05) is 0 Å². The summed E-state index contributed by atoms with van der Waals surface area (Å²) in [5.41, 5.74) is 0.987. The Labute approximate surface area is 114 Å². The lowest BCUT2D eigenvalue weighted by Crippen LogP contribution is -2.03. The molecule has 0 aliphatic heterocycles. The van der Waals surface area contributed by atoms with Gasteiger partial charge < -0.3 is 14.3 Å². The lowest BCUT2D eigenvalue weighted by Gasteiger charge is -1.98. The van der Waals surface area contributed by atoms with Crippen LogP contribution in [0.15, 0.2) is 28.7 Å². The summed E-state index contributed by atoms with van der Waals surface area (Å²) in [6, 6.07) is 6.90. The largest absolute Gasteiger partial charge is 0.481 e. The van der Waals surface area contributed by atoms with E-state index in [2.05, 4.69) is 4.98 Å². The van der Waals surface area contributed by atoms with Crippen LogP contribution in [0.4, 0.5) is 0 Å². The number of halogens is 1. The Bertz CT molecular complexity index is 577. The van der Waals surface area contributed by atoms with E-state index >= 15 is 0 Å². The van der Waals surface area contributed by atoms with E-state index < -0.39 is 5.97 Å². The fraction of sp³-hybridized carbons (Fsp3) is 0.231. The quantitative estimate of drug-likeness (QED) is 0.912. The summed E-state index contributed by atoms with van der Waals surface area (Å²) in [6.07, 6.45) is -0.244. The Morgan fingerprint density at radius 2 is 2.11 bits per heavy atom. The molecular weight excluding hydrogens is 270 g/mol. The highest BCUT2D eigenvalue weighted by Crippen LogP contribution is 2.28. The maximum atomic E-state index is 10.8. The Hall–Kier alpha value is -2.01. The summed E-state index contributed by atoms with van der Waals surface area (Å²) < 4.78 is 10.7. The molecule has 1 aromatic carbocycles. The number of aliphatic carboxylic acids is 1. The van der Waals surface area contributed by atoms with Crippen LogP contribution >= 0.6 is 11.6 Å². The van der Waals surface area contributed by atoms with Gasteiger partial charge in [-0.3, -0.25) is 4.79 Å². The van der Waals surface area contributed by atoms with E-state index in [9.17, 15) is 4.79 Å². The van der Waals surface area contributed by atoms with E-state index in [4.69, 9.17) is 25.9 Å². The number of rotatable bonds is 5. The second-order valence-corrected chi connectivity index (χ2v) is 4.20.